The van der Waals surface area contributed by atoms with Gasteiger partial charge in [-0.15, -0.1) is 0 Å². The number of amides is 1. The van der Waals surface area contributed by atoms with Crippen LogP contribution in [0.1, 0.15) is 18.7 Å². The number of imidazole rings is 1. The molecular formula is C22H23IN7O2P. The van der Waals surface area contributed by atoms with Gasteiger partial charge in [0.25, 0.3) is 0 Å². The summed E-state index contributed by atoms with van der Waals surface area (Å²) in [4.78, 5) is 21.9. The van der Waals surface area contributed by atoms with Gasteiger partial charge in [0.05, 0.1) is 31.1 Å². The van der Waals surface area contributed by atoms with Crippen LogP contribution in [0.2, 0.25) is 0 Å². The van der Waals surface area contributed by atoms with Crippen LogP contribution < -0.4 is 15.4 Å². The molecule has 0 spiro atoms. The van der Waals surface area contributed by atoms with E-state index in [0.717, 1.165) is 52.3 Å². The van der Waals surface area contributed by atoms with E-state index in [1.54, 1.807) is 11.8 Å². The maximum Gasteiger partial charge on any atom is 0.228 e. The minimum Gasteiger partial charge on any atom is -0.494 e. The van der Waals surface area contributed by atoms with Crippen LogP contribution in [-0.4, -0.2) is 37.1 Å². The molecule has 2 N–H and O–H groups in total. The first-order valence-corrected chi connectivity index (χ1v) is 14.5. The van der Waals surface area contributed by atoms with E-state index in [2.05, 4.69) is 42.1 Å². The molecule has 1 amide bonds. The van der Waals surface area contributed by atoms with Crippen LogP contribution in [0.4, 0.5) is 17.2 Å². The van der Waals surface area contributed by atoms with Gasteiger partial charge in [-0.25, -0.2) is 9.97 Å². The molecule has 11 heteroatoms. The molecule has 1 aliphatic carbocycles. The van der Waals surface area contributed by atoms with Crippen LogP contribution in [0, 0.1) is 12.8 Å². The number of ether oxygens (including phenoxy) is 1. The van der Waals surface area contributed by atoms with Gasteiger partial charge in [-0.3, -0.25) is 13.8 Å². The maximum absolute atomic E-state index is 12.4. The Morgan fingerprint density at radius 2 is 2.09 bits per heavy atom. The molecule has 1 unspecified atom stereocenters. The number of nitrogens with one attached hydrogen (secondary N) is 2. The third-order valence-corrected chi connectivity index (χ3v) is 7.72. The number of aryl methyl sites for hydroxylation is 2. The summed E-state index contributed by atoms with van der Waals surface area (Å²) in [6.07, 6.45) is 6.06. The van der Waals surface area contributed by atoms with Crippen molar-refractivity contribution in [1.29, 1.82) is 0 Å². The van der Waals surface area contributed by atoms with Gasteiger partial charge >= 0.3 is 0 Å². The Labute approximate surface area is 205 Å². The fraction of sp³-hybridized carbons (Fsp3) is 0.273. The van der Waals surface area contributed by atoms with Gasteiger partial charge < -0.3 is 15.4 Å². The predicted octanol–water partition coefficient (Wildman–Crippen LogP) is 5.03. The molecule has 1 aliphatic rings. The lowest BCUT2D eigenvalue weighted by molar-refractivity contribution is -0.117. The predicted molar refractivity (Wildman–Crippen MR) is 140 cm³/mol. The first kappa shape index (κ1) is 22.1. The van der Waals surface area contributed by atoms with Crippen LogP contribution in [0.3, 0.4) is 0 Å². The number of fused-ring (bicyclic) bond motifs is 1. The molecule has 0 aliphatic heterocycles. The minimum atomic E-state index is 0.0173. The molecule has 33 heavy (non-hydrogen) atoms. The van der Waals surface area contributed by atoms with Crippen molar-refractivity contribution in [2.24, 2.45) is 13.0 Å². The van der Waals surface area contributed by atoms with E-state index in [1.807, 2.05) is 50.6 Å². The van der Waals surface area contributed by atoms with Crippen LogP contribution in [0.5, 0.6) is 5.75 Å². The number of anilines is 3. The summed E-state index contributed by atoms with van der Waals surface area (Å²) in [5.41, 5.74) is 4.91. The van der Waals surface area contributed by atoms with E-state index >= 15 is 0 Å². The SMILES string of the molecule is COc1c(Nc2cc(NC(=O)C3CC3)nc3c2nc(C)n3PI)cccc1-c1cnn(C)c1. The summed E-state index contributed by atoms with van der Waals surface area (Å²) in [5.74, 6) is 2.19. The molecule has 9 nitrogen and oxygen atoms in total. The Morgan fingerprint density at radius 1 is 1.27 bits per heavy atom. The quantitative estimate of drug-likeness (QED) is 0.237. The molecule has 0 radical (unpaired) electrons. The molecule has 170 valence electrons. The maximum atomic E-state index is 12.4. The molecule has 0 saturated heterocycles. The molecule has 1 fully saturated rings. The number of methoxy groups -OCH3 is 1. The Kier molecular flexibility index (Phi) is 5.96. The van der Waals surface area contributed by atoms with Crippen molar-refractivity contribution in [2.75, 3.05) is 17.7 Å². The number of halogens is 1. The summed E-state index contributed by atoms with van der Waals surface area (Å²) < 4.78 is 9.61. The van der Waals surface area contributed by atoms with E-state index in [1.165, 1.54) is 0 Å². The molecule has 1 aromatic carbocycles. The number of benzene rings is 1. The number of para-hydroxylation sites is 1. The van der Waals surface area contributed by atoms with Crippen molar-refractivity contribution in [3.63, 3.8) is 0 Å². The Morgan fingerprint density at radius 3 is 2.76 bits per heavy atom. The van der Waals surface area contributed by atoms with Gasteiger partial charge in [0.15, 0.2) is 5.65 Å². The first-order valence-electron chi connectivity index (χ1n) is 10.5. The van der Waals surface area contributed by atoms with Crippen LogP contribution in [-0.2, 0) is 11.8 Å². The summed E-state index contributed by atoms with van der Waals surface area (Å²) >= 11 is 2.32. The summed E-state index contributed by atoms with van der Waals surface area (Å²) in [7, 11) is 3.54. The van der Waals surface area contributed by atoms with Crippen molar-refractivity contribution in [3.05, 3.63) is 42.5 Å². The van der Waals surface area contributed by atoms with Crippen molar-refractivity contribution in [1.82, 2.24) is 24.1 Å². The number of rotatable bonds is 7. The molecule has 3 heterocycles. The number of aromatic nitrogens is 5. The second-order valence-electron chi connectivity index (χ2n) is 7.98. The van der Waals surface area contributed by atoms with E-state index in [-0.39, 0.29) is 11.8 Å². The van der Waals surface area contributed by atoms with Crippen molar-refractivity contribution in [2.45, 2.75) is 19.8 Å². The lowest BCUT2D eigenvalue weighted by atomic mass is 10.1. The first-order chi connectivity index (χ1) is 16.0. The zero-order valence-corrected chi connectivity index (χ0v) is 21.5. The van der Waals surface area contributed by atoms with Gasteiger partial charge in [-0.05, 0) is 47.9 Å². The number of hydrogen-bond donors (Lipinski definition) is 2. The van der Waals surface area contributed by atoms with Crippen molar-refractivity contribution in [3.8, 4) is 16.9 Å². The van der Waals surface area contributed by atoms with Gasteiger partial charge in [-0.1, -0.05) is 12.1 Å². The zero-order chi connectivity index (χ0) is 23.1. The smallest absolute Gasteiger partial charge is 0.228 e. The van der Waals surface area contributed by atoms with Gasteiger partial charge in [0.1, 0.15) is 22.9 Å². The number of carbonyl (C=O) groups excluding carboxylic acids is 1. The fourth-order valence-electron chi connectivity index (χ4n) is 3.78. The standard InChI is InChI=1S/C22H23IN7O2P/c1-12-25-19-17(9-18(27-21(19)30(12)33-23)28-22(31)13-7-8-13)26-16-6-4-5-15(20(16)32-3)14-10-24-29(2)11-14/h4-6,9-11,13,33H,7-8H2,1-3H3,(H2,26,27,28,31). The molecule has 3 aromatic heterocycles. The van der Waals surface area contributed by atoms with Gasteiger partial charge in [-0.2, -0.15) is 5.10 Å². The van der Waals surface area contributed by atoms with E-state index in [4.69, 9.17) is 14.7 Å². The second-order valence-corrected chi connectivity index (χ2v) is 10.0. The van der Waals surface area contributed by atoms with Crippen LogP contribution >= 0.6 is 28.4 Å². The Bertz CT molecular complexity index is 1360. The molecule has 0 bridgehead atoms. The topological polar surface area (TPSA) is 98.9 Å². The van der Waals surface area contributed by atoms with Gasteiger partial charge in [0.2, 0.25) is 5.91 Å². The average Bonchev–Trinajstić information content (AvgIpc) is 3.49. The van der Waals surface area contributed by atoms with Crippen LogP contribution in [0.25, 0.3) is 22.3 Å². The monoisotopic (exact) mass is 575 g/mol. The third-order valence-electron chi connectivity index (χ3n) is 5.57. The highest BCUT2D eigenvalue weighted by molar-refractivity contribution is 14.2. The van der Waals surface area contributed by atoms with E-state index < -0.39 is 0 Å². The lowest BCUT2D eigenvalue weighted by Crippen LogP contribution is -2.14. The summed E-state index contributed by atoms with van der Waals surface area (Å²) in [6.45, 7) is 1.96. The van der Waals surface area contributed by atoms with Crippen LogP contribution in [0.15, 0.2) is 36.7 Å². The highest BCUT2D eigenvalue weighted by Crippen LogP contribution is 2.40. The van der Waals surface area contributed by atoms with E-state index in [9.17, 15) is 4.79 Å². The summed E-state index contributed by atoms with van der Waals surface area (Å²) in [5, 5.41) is 10.7. The highest BCUT2D eigenvalue weighted by Gasteiger charge is 2.30. The Balaban J connectivity index is 1.60. The zero-order valence-electron chi connectivity index (χ0n) is 18.4. The largest absolute Gasteiger partial charge is 0.494 e. The number of nitrogens with zero attached hydrogens (tertiary/aromatic N) is 5. The normalized spacial score (nSPS) is 13.7. The number of hydrogen-bond acceptors (Lipinski definition) is 6. The van der Waals surface area contributed by atoms with E-state index in [0.29, 0.717) is 17.9 Å². The summed E-state index contributed by atoms with van der Waals surface area (Å²) in [6, 6.07) is 7.77. The molecule has 1 atom stereocenters. The number of pyridine rings is 1. The molecule has 5 rings (SSSR count). The average molecular weight is 575 g/mol. The molecular weight excluding hydrogens is 552 g/mol. The van der Waals surface area contributed by atoms with Crippen molar-refractivity contribution >= 4 is 62.7 Å². The molecule has 4 aromatic rings. The second kappa shape index (κ2) is 8.90. The fourth-order valence-corrected chi connectivity index (χ4v) is 5.92. The minimum absolute atomic E-state index is 0.0173. The highest BCUT2D eigenvalue weighted by atomic mass is 127. The molecule has 1 saturated carbocycles. The third kappa shape index (κ3) is 4.29. The van der Waals surface area contributed by atoms with Gasteiger partial charge in [0, 0.05) is 36.4 Å². The lowest BCUT2D eigenvalue weighted by Gasteiger charge is -2.16. The number of carbonyl (C=O) groups is 1. The Hall–Kier alpha value is -2.72. The van der Waals surface area contributed by atoms with Crippen molar-refractivity contribution < 1.29 is 9.53 Å².